The number of anilines is 1. The fraction of sp³-hybridized carbons (Fsp3) is 0.706. The van der Waals surface area contributed by atoms with Gasteiger partial charge >= 0.3 is 6.09 Å². The molecule has 0 radical (unpaired) electrons. The molecule has 2 fully saturated rings. The maximum Gasteiger partial charge on any atom is 0.407 e. The van der Waals surface area contributed by atoms with E-state index < -0.39 is 11.4 Å². The third kappa shape index (κ3) is 3.60. The summed E-state index contributed by atoms with van der Waals surface area (Å²) < 4.78 is 19.4. The van der Waals surface area contributed by atoms with E-state index in [1.54, 1.807) is 6.92 Å². The van der Waals surface area contributed by atoms with Crippen molar-refractivity contribution in [3.8, 4) is 0 Å². The lowest BCUT2D eigenvalue weighted by Crippen LogP contribution is -2.53. The first-order valence-corrected chi connectivity index (χ1v) is 8.46. The Kier molecular flexibility index (Phi) is 4.36. The van der Waals surface area contributed by atoms with Gasteiger partial charge in [-0.2, -0.15) is 0 Å². The molecule has 2 aliphatic rings. The van der Waals surface area contributed by atoms with Crippen molar-refractivity contribution in [2.24, 2.45) is 11.8 Å². The van der Waals surface area contributed by atoms with Gasteiger partial charge in [0.15, 0.2) is 11.6 Å². The topological polar surface area (TPSA) is 67.4 Å². The summed E-state index contributed by atoms with van der Waals surface area (Å²) in [4.78, 5) is 22.2. The number of nitrogens with one attached hydrogen (secondary N) is 1. The minimum atomic E-state index is -0.508. The second-order valence-electron chi connectivity index (χ2n) is 7.76. The van der Waals surface area contributed by atoms with E-state index in [0.717, 1.165) is 12.8 Å². The van der Waals surface area contributed by atoms with E-state index in [1.807, 2.05) is 25.7 Å². The monoisotopic (exact) mass is 336 g/mol. The number of carbonyl (C=O) groups is 1. The molecule has 1 N–H and O–H groups in total. The molecule has 132 valence electrons. The quantitative estimate of drug-likeness (QED) is 0.899. The predicted molar refractivity (Wildman–Crippen MR) is 88.3 cm³/mol. The predicted octanol–water partition coefficient (Wildman–Crippen LogP) is 2.66. The van der Waals surface area contributed by atoms with Crippen LogP contribution in [0.25, 0.3) is 0 Å². The van der Waals surface area contributed by atoms with Gasteiger partial charge in [-0.25, -0.2) is 19.2 Å². The number of aryl methyl sites for hydroxylation is 1. The summed E-state index contributed by atoms with van der Waals surface area (Å²) in [6.07, 6.45) is 2.90. The van der Waals surface area contributed by atoms with Crippen LogP contribution in [0.3, 0.4) is 0 Å². The number of hydrogen-bond acceptors (Lipinski definition) is 5. The van der Waals surface area contributed by atoms with Crippen LogP contribution >= 0.6 is 0 Å². The first-order valence-electron chi connectivity index (χ1n) is 8.46. The minimum Gasteiger partial charge on any atom is -0.444 e. The minimum absolute atomic E-state index is 0.0853. The molecule has 2 atom stereocenters. The number of carbonyl (C=O) groups excluding carboxylic acids is 1. The molecular weight excluding hydrogens is 311 g/mol. The molecule has 24 heavy (non-hydrogen) atoms. The van der Waals surface area contributed by atoms with Gasteiger partial charge < -0.3 is 15.0 Å². The zero-order valence-corrected chi connectivity index (χ0v) is 14.7. The Balaban J connectivity index is 1.68. The molecule has 1 aromatic rings. The molecule has 2 heterocycles. The molecule has 3 rings (SSSR count). The van der Waals surface area contributed by atoms with Gasteiger partial charge in [-0.15, -0.1) is 0 Å². The molecule has 6 nitrogen and oxygen atoms in total. The molecular formula is C17H25FN4O2. The number of ether oxygens (including phenoxy) is 1. The number of rotatable bonds is 2. The van der Waals surface area contributed by atoms with Crippen LogP contribution < -0.4 is 10.2 Å². The van der Waals surface area contributed by atoms with Crippen molar-refractivity contribution in [1.29, 1.82) is 0 Å². The van der Waals surface area contributed by atoms with Crippen molar-refractivity contribution in [2.45, 2.75) is 52.2 Å². The van der Waals surface area contributed by atoms with Gasteiger partial charge in [0, 0.05) is 19.1 Å². The third-order valence-electron chi connectivity index (χ3n) is 4.66. The SMILES string of the molecule is Cc1ncc(F)c(N2CC3CCC(C2)C3NC(=O)OC(C)(C)C)n1. The van der Waals surface area contributed by atoms with E-state index in [0.29, 0.717) is 24.7 Å². The van der Waals surface area contributed by atoms with Crippen LogP contribution in [0.4, 0.5) is 15.0 Å². The number of hydrogen-bond donors (Lipinski definition) is 1. The summed E-state index contributed by atoms with van der Waals surface area (Å²) in [5, 5.41) is 3.02. The maximum absolute atomic E-state index is 14.1. The Morgan fingerprint density at radius 2 is 1.96 bits per heavy atom. The highest BCUT2D eigenvalue weighted by Crippen LogP contribution is 2.38. The highest BCUT2D eigenvalue weighted by molar-refractivity contribution is 5.68. The van der Waals surface area contributed by atoms with Crippen molar-refractivity contribution in [3.63, 3.8) is 0 Å². The van der Waals surface area contributed by atoms with Gasteiger partial charge in [-0.05, 0) is 52.4 Å². The lowest BCUT2D eigenvalue weighted by atomic mass is 9.92. The first-order chi connectivity index (χ1) is 11.2. The van der Waals surface area contributed by atoms with Crippen LogP contribution in [0.2, 0.25) is 0 Å². The maximum atomic E-state index is 14.1. The van der Waals surface area contributed by atoms with Gasteiger partial charge in [0.25, 0.3) is 0 Å². The first kappa shape index (κ1) is 16.9. The molecule has 1 amide bonds. The van der Waals surface area contributed by atoms with E-state index in [9.17, 15) is 9.18 Å². The molecule has 1 saturated heterocycles. The molecule has 1 aromatic heterocycles. The summed E-state index contributed by atoms with van der Waals surface area (Å²) in [5.41, 5.74) is -0.508. The van der Waals surface area contributed by atoms with Crippen LogP contribution in [0, 0.1) is 24.6 Å². The molecule has 2 bridgehead atoms. The normalized spacial score (nSPS) is 26.4. The molecule has 1 aliphatic carbocycles. The second kappa shape index (κ2) is 6.18. The zero-order valence-electron chi connectivity index (χ0n) is 14.7. The fourth-order valence-corrected chi connectivity index (χ4v) is 3.74. The van der Waals surface area contributed by atoms with Crippen molar-refractivity contribution >= 4 is 11.9 Å². The number of fused-ring (bicyclic) bond motifs is 2. The highest BCUT2D eigenvalue weighted by Gasteiger charge is 2.44. The number of nitrogens with zero attached hydrogens (tertiary/aromatic N) is 3. The summed E-state index contributed by atoms with van der Waals surface area (Å²) in [5.74, 6) is 1.11. The van der Waals surface area contributed by atoms with E-state index in [4.69, 9.17) is 4.74 Å². The Morgan fingerprint density at radius 3 is 2.54 bits per heavy atom. The van der Waals surface area contributed by atoms with Crippen molar-refractivity contribution in [3.05, 3.63) is 17.8 Å². The van der Waals surface area contributed by atoms with Crippen LogP contribution in [0.5, 0.6) is 0 Å². The summed E-state index contributed by atoms with van der Waals surface area (Å²) in [6.45, 7) is 8.68. The lowest BCUT2D eigenvalue weighted by Gasteiger charge is -2.39. The van der Waals surface area contributed by atoms with E-state index in [1.165, 1.54) is 6.20 Å². The average molecular weight is 336 g/mol. The molecule has 0 aromatic carbocycles. The number of alkyl carbamates (subject to hydrolysis) is 1. The molecule has 1 saturated carbocycles. The Bertz CT molecular complexity index is 618. The van der Waals surface area contributed by atoms with Gasteiger partial charge in [-0.3, -0.25) is 0 Å². The van der Waals surface area contributed by atoms with Crippen LogP contribution in [0.1, 0.15) is 39.4 Å². The average Bonchev–Trinajstić information content (AvgIpc) is 2.70. The second-order valence-corrected chi connectivity index (χ2v) is 7.76. The summed E-state index contributed by atoms with van der Waals surface area (Å²) >= 11 is 0. The highest BCUT2D eigenvalue weighted by atomic mass is 19.1. The van der Waals surface area contributed by atoms with Gasteiger partial charge in [0.1, 0.15) is 11.4 Å². The van der Waals surface area contributed by atoms with E-state index in [2.05, 4.69) is 15.3 Å². The smallest absolute Gasteiger partial charge is 0.407 e. The third-order valence-corrected chi connectivity index (χ3v) is 4.66. The molecule has 1 aliphatic heterocycles. The van der Waals surface area contributed by atoms with Gasteiger partial charge in [0.2, 0.25) is 0 Å². The number of piperidine rings is 1. The molecule has 0 spiro atoms. The Morgan fingerprint density at radius 1 is 1.33 bits per heavy atom. The fourth-order valence-electron chi connectivity index (χ4n) is 3.74. The lowest BCUT2D eigenvalue weighted by molar-refractivity contribution is 0.0472. The number of aromatic nitrogens is 2. The largest absolute Gasteiger partial charge is 0.444 e. The number of amides is 1. The zero-order chi connectivity index (χ0) is 17.5. The Hall–Kier alpha value is -1.92. The number of halogens is 1. The van der Waals surface area contributed by atoms with Crippen molar-refractivity contribution in [2.75, 3.05) is 18.0 Å². The van der Waals surface area contributed by atoms with E-state index >= 15 is 0 Å². The van der Waals surface area contributed by atoms with Crippen molar-refractivity contribution in [1.82, 2.24) is 15.3 Å². The molecule has 7 heteroatoms. The van der Waals surface area contributed by atoms with Gasteiger partial charge in [0.05, 0.1) is 6.20 Å². The van der Waals surface area contributed by atoms with Gasteiger partial charge in [-0.1, -0.05) is 0 Å². The van der Waals surface area contributed by atoms with Crippen LogP contribution in [-0.2, 0) is 4.74 Å². The standard InChI is InChI=1S/C17H25FN4O2/c1-10-19-7-13(18)15(20-10)22-8-11-5-6-12(9-22)14(11)21-16(23)24-17(2,3)4/h7,11-12,14H,5-6,8-9H2,1-4H3,(H,21,23). The van der Waals surface area contributed by atoms with Crippen LogP contribution in [-0.4, -0.2) is 40.8 Å². The van der Waals surface area contributed by atoms with Crippen LogP contribution in [0.15, 0.2) is 6.20 Å². The summed E-state index contributed by atoms with van der Waals surface area (Å²) in [6, 6.07) is 0.0853. The van der Waals surface area contributed by atoms with Crippen molar-refractivity contribution < 1.29 is 13.9 Å². The Labute approximate surface area is 141 Å². The summed E-state index contributed by atoms with van der Waals surface area (Å²) in [7, 11) is 0. The molecule has 2 unspecified atom stereocenters. The van der Waals surface area contributed by atoms with E-state index in [-0.39, 0.29) is 24.0 Å².